The Hall–Kier alpha value is -1.84. The number of carbonyl (C=O) groups excluding carboxylic acids is 2. The first-order chi connectivity index (χ1) is 6.99. The van der Waals surface area contributed by atoms with Gasteiger partial charge in [-0.2, -0.15) is 0 Å². The van der Waals surface area contributed by atoms with Crippen LogP contribution < -0.4 is 10.1 Å². The second-order valence-corrected chi connectivity index (χ2v) is 3.26. The Labute approximate surface area is 88.2 Å². The second-order valence-electron chi connectivity index (χ2n) is 3.26. The van der Waals surface area contributed by atoms with Crippen molar-refractivity contribution in [1.82, 2.24) is 0 Å². The summed E-state index contributed by atoms with van der Waals surface area (Å²) < 4.78 is 4.95. The summed E-state index contributed by atoms with van der Waals surface area (Å²) in [5.74, 6) is 0.0246. The molecule has 4 heteroatoms. The van der Waals surface area contributed by atoms with Crippen molar-refractivity contribution >= 4 is 17.6 Å². The number of aryl methyl sites for hydroxylation is 1. The van der Waals surface area contributed by atoms with Gasteiger partial charge in [-0.25, -0.2) is 0 Å². The summed E-state index contributed by atoms with van der Waals surface area (Å²) in [6.07, 6.45) is 0. The summed E-state index contributed by atoms with van der Waals surface area (Å²) in [6.45, 7) is 4.60. The number of nitrogens with one attached hydrogen (secondary N) is 1. The highest BCUT2D eigenvalue weighted by Crippen LogP contribution is 2.21. The van der Waals surface area contributed by atoms with Crippen LogP contribution in [-0.4, -0.2) is 11.9 Å². The van der Waals surface area contributed by atoms with Gasteiger partial charge in [0.15, 0.2) is 0 Å². The van der Waals surface area contributed by atoms with Crippen LogP contribution in [0.5, 0.6) is 5.75 Å². The predicted octanol–water partition coefficient (Wildman–Crippen LogP) is 1.88. The van der Waals surface area contributed by atoms with Gasteiger partial charge in [-0.1, -0.05) is 0 Å². The lowest BCUT2D eigenvalue weighted by molar-refractivity contribution is -0.131. The molecule has 80 valence electrons. The minimum absolute atomic E-state index is 0.130. The molecule has 0 unspecified atom stereocenters. The Morgan fingerprint density at radius 3 is 2.40 bits per heavy atom. The first kappa shape index (κ1) is 11.2. The van der Waals surface area contributed by atoms with Gasteiger partial charge in [0, 0.05) is 19.5 Å². The molecule has 1 N–H and O–H groups in total. The fourth-order valence-electron chi connectivity index (χ4n) is 1.20. The van der Waals surface area contributed by atoms with Gasteiger partial charge in [0.05, 0.1) is 0 Å². The number of ether oxygens (including phenoxy) is 1. The molecule has 1 rings (SSSR count). The quantitative estimate of drug-likeness (QED) is 0.595. The van der Waals surface area contributed by atoms with Crippen molar-refractivity contribution in [2.75, 3.05) is 5.32 Å². The van der Waals surface area contributed by atoms with E-state index in [0.29, 0.717) is 11.4 Å². The van der Waals surface area contributed by atoms with Crippen LogP contribution in [0.15, 0.2) is 18.2 Å². The van der Waals surface area contributed by atoms with Crippen molar-refractivity contribution in [3.05, 3.63) is 23.8 Å². The Bertz CT molecular complexity index is 399. The maximum absolute atomic E-state index is 10.8. The molecule has 0 saturated carbocycles. The normalized spacial score (nSPS) is 9.53. The van der Waals surface area contributed by atoms with Gasteiger partial charge in [-0.15, -0.1) is 0 Å². The van der Waals surface area contributed by atoms with E-state index in [0.717, 1.165) is 5.56 Å². The number of esters is 1. The third kappa shape index (κ3) is 3.42. The fraction of sp³-hybridized carbons (Fsp3) is 0.273. The monoisotopic (exact) mass is 207 g/mol. The molecule has 0 aromatic heterocycles. The molecule has 0 heterocycles. The molecular weight excluding hydrogens is 194 g/mol. The van der Waals surface area contributed by atoms with Gasteiger partial charge in [0.2, 0.25) is 5.91 Å². The van der Waals surface area contributed by atoms with E-state index in [9.17, 15) is 9.59 Å². The molecule has 1 aromatic rings. The third-order valence-corrected chi connectivity index (χ3v) is 1.75. The number of amides is 1. The van der Waals surface area contributed by atoms with Gasteiger partial charge in [-0.05, 0) is 30.7 Å². The van der Waals surface area contributed by atoms with Crippen molar-refractivity contribution in [3.63, 3.8) is 0 Å². The van der Waals surface area contributed by atoms with Crippen LogP contribution in [-0.2, 0) is 9.59 Å². The number of benzene rings is 1. The van der Waals surface area contributed by atoms with E-state index < -0.39 is 0 Å². The Morgan fingerprint density at radius 1 is 1.27 bits per heavy atom. The van der Waals surface area contributed by atoms with Crippen LogP contribution in [0.1, 0.15) is 19.4 Å². The first-order valence-corrected chi connectivity index (χ1v) is 4.55. The first-order valence-electron chi connectivity index (χ1n) is 4.55. The standard InChI is InChI=1S/C11H13NO3/c1-7-6-10(12-8(2)13)4-5-11(7)15-9(3)14/h4-6H,1-3H3,(H,12,13). The molecule has 0 radical (unpaired) electrons. The van der Waals surface area contributed by atoms with Crippen molar-refractivity contribution in [1.29, 1.82) is 0 Å². The Morgan fingerprint density at radius 2 is 1.93 bits per heavy atom. The van der Waals surface area contributed by atoms with Gasteiger partial charge >= 0.3 is 5.97 Å². The maximum Gasteiger partial charge on any atom is 0.308 e. The number of anilines is 1. The minimum atomic E-state index is -0.356. The van der Waals surface area contributed by atoms with Crippen LogP contribution in [0.3, 0.4) is 0 Å². The lowest BCUT2D eigenvalue weighted by Gasteiger charge is -2.07. The van der Waals surface area contributed by atoms with Crippen LogP contribution in [0, 0.1) is 6.92 Å². The molecule has 0 fully saturated rings. The average molecular weight is 207 g/mol. The zero-order valence-electron chi connectivity index (χ0n) is 8.96. The van der Waals surface area contributed by atoms with Gasteiger partial charge in [-0.3, -0.25) is 9.59 Å². The number of carbonyl (C=O) groups is 2. The molecule has 1 aromatic carbocycles. The molecule has 15 heavy (non-hydrogen) atoms. The molecule has 0 atom stereocenters. The Balaban J connectivity index is 2.87. The topological polar surface area (TPSA) is 55.4 Å². The number of hydrogen-bond acceptors (Lipinski definition) is 3. The summed E-state index contributed by atoms with van der Waals surface area (Å²) >= 11 is 0. The highest BCUT2D eigenvalue weighted by atomic mass is 16.5. The van der Waals surface area contributed by atoms with Crippen molar-refractivity contribution in [2.45, 2.75) is 20.8 Å². The maximum atomic E-state index is 10.8. The second kappa shape index (κ2) is 4.59. The van der Waals surface area contributed by atoms with Gasteiger partial charge < -0.3 is 10.1 Å². The molecule has 0 bridgehead atoms. The summed E-state index contributed by atoms with van der Waals surface area (Å²) in [6, 6.07) is 5.09. The molecule has 4 nitrogen and oxygen atoms in total. The summed E-state index contributed by atoms with van der Waals surface area (Å²) in [4.78, 5) is 21.5. The predicted molar refractivity (Wildman–Crippen MR) is 56.8 cm³/mol. The van der Waals surface area contributed by atoms with Crippen molar-refractivity contribution in [3.8, 4) is 5.75 Å². The zero-order valence-corrected chi connectivity index (χ0v) is 8.96. The van der Waals surface area contributed by atoms with E-state index in [1.807, 2.05) is 6.92 Å². The van der Waals surface area contributed by atoms with E-state index in [2.05, 4.69) is 5.32 Å². The average Bonchev–Trinajstić information content (AvgIpc) is 2.08. The van der Waals surface area contributed by atoms with E-state index in [1.54, 1.807) is 18.2 Å². The molecule has 0 saturated heterocycles. The summed E-state index contributed by atoms with van der Waals surface area (Å²) in [5.41, 5.74) is 1.49. The summed E-state index contributed by atoms with van der Waals surface area (Å²) in [5, 5.41) is 2.65. The van der Waals surface area contributed by atoms with Crippen LogP contribution >= 0.6 is 0 Å². The van der Waals surface area contributed by atoms with E-state index in [-0.39, 0.29) is 11.9 Å². The van der Waals surface area contributed by atoms with E-state index in [1.165, 1.54) is 13.8 Å². The fourth-order valence-corrected chi connectivity index (χ4v) is 1.20. The number of hydrogen-bond donors (Lipinski definition) is 1. The molecule has 0 aliphatic heterocycles. The highest BCUT2D eigenvalue weighted by molar-refractivity contribution is 5.88. The van der Waals surface area contributed by atoms with Crippen LogP contribution in [0.4, 0.5) is 5.69 Å². The SMILES string of the molecule is CC(=O)Nc1ccc(OC(C)=O)c(C)c1. The number of rotatable bonds is 2. The molecule has 1 amide bonds. The third-order valence-electron chi connectivity index (χ3n) is 1.75. The van der Waals surface area contributed by atoms with E-state index in [4.69, 9.17) is 4.74 Å². The van der Waals surface area contributed by atoms with Crippen molar-refractivity contribution < 1.29 is 14.3 Å². The largest absolute Gasteiger partial charge is 0.426 e. The molecule has 0 aliphatic carbocycles. The van der Waals surface area contributed by atoms with Gasteiger partial charge in [0.1, 0.15) is 5.75 Å². The molecular formula is C11H13NO3. The summed E-state index contributed by atoms with van der Waals surface area (Å²) in [7, 11) is 0. The Kier molecular flexibility index (Phi) is 3.44. The minimum Gasteiger partial charge on any atom is -0.426 e. The molecule has 0 aliphatic rings. The van der Waals surface area contributed by atoms with Crippen molar-refractivity contribution in [2.24, 2.45) is 0 Å². The van der Waals surface area contributed by atoms with Crippen LogP contribution in [0.25, 0.3) is 0 Å². The lowest BCUT2D eigenvalue weighted by atomic mass is 10.2. The zero-order chi connectivity index (χ0) is 11.4. The lowest BCUT2D eigenvalue weighted by Crippen LogP contribution is -2.07. The van der Waals surface area contributed by atoms with Gasteiger partial charge in [0.25, 0.3) is 0 Å². The smallest absolute Gasteiger partial charge is 0.308 e. The van der Waals surface area contributed by atoms with Crippen LogP contribution in [0.2, 0.25) is 0 Å². The highest BCUT2D eigenvalue weighted by Gasteiger charge is 2.04. The molecule has 0 spiro atoms. The van der Waals surface area contributed by atoms with E-state index >= 15 is 0 Å².